The number of hydrogen-bond acceptors (Lipinski definition) is 2. The first kappa shape index (κ1) is 18.3. The van der Waals surface area contributed by atoms with E-state index in [1.165, 1.54) is 34.2 Å². The Labute approximate surface area is 161 Å². The molecule has 0 aliphatic heterocycles. The molecule has 0 N–H and O–H groups in total. The van der Waals surface area contributed by atoms with Crippen molar-refractivity contribution >= 4 is 23.1 Å². The zero-order valence-electron chi connectivity index (χ0n) is 15.1. The van der Waals surface area contributed by atoms with Crippen LogP contribution in [0.5, 0.6) is 0 Å². The third-order valence-corrected chi connectivity index (χ3v) is 4.71. The average Bonchev–Trinajstić information content (AvgIpc) is 2.69. The lowest BCUT2D eigenvalue weighted by Gasteiger charge is -2.11. The Morgan fingerprint density at radius 1 is 0.769 bits per heavy atom. The Morgan fingerprint density at radius 2 is 1.42 bits per heavy atom. The minimum Gasteiger partial charge on any atom is -0.195 e. The van der Waals surface area contributed by atoms with Gasteiger partial charge < -0.3 is 0 Å². The molecular weight excluding hydrogens is 334 g/mol. The Balaban J connectivity index is 1.75. The first-order valence-electron chi connectivity index (χ1n) is 9.14. The van der Waals surface area contributed by atoms with Gasteiger partial charge in [-0.1, -0.05) is 74.0 Å². The first-order valence-corrected chi connectivity index (χ1v) is 9.55. The van der Waals surface area contributed by atoms with Gasteiger partial charge in [0, 0.05) is 0 Å². The number of benzene rings is 3. The molecule has 0 aromatic heterocycles. The van der Waals surface area contributed by atoms with E-state index >= 15 is 0 Å². The van der Waals surface area contributed by atoms with E-state index in [-0.39, 0.29) is 0 Å². The SMILES string of the molecule is CCCc1ccc(-c2ccccc2CCc2ccc(N=C=S)cc2)cc1. The maximum atomic E-state index is 4.65. The van der Waals surface area contributed by atoms with E-state index in [1.807, 2.05) is 12.1 Å². The molecule has 0 spiro atoms. The van der Waals surface area contributed by atoms with Crippen LogP contribution in [0.15, 0.2) is 77.8 Å². The van der Waals surface area contributed by atoms with Crippen LogP contribution < -0.4 is 0 Å². The van der Waals surface area contributed by atoms with Gasteiger partial charge in [-0.2, -0.15) is 4.99 Å². The molecular formula is C24H23NS. The predicted octanol–water partition coefficient (Wildman–Crippen LogP) is 6.83. The van der Waals surface area contributed by atoms with Gasteiger partial charge in [0.05, 0.1) is 10.8 Å². The van der Waals surface area contributed by atoms with Gasteiger partial charge >= 0.3 is 0 Å². The summed E-state index contributed by atoms with van der Waals surface area (Å²) in [4.78, 5) is 4.00. The molecule has 3 rings (SSSR count). The highest BCUT2D eigenvalue weighted by Crippen LogP contribution is 2.26. The summed E-state index contributed by atoms with van der Waals surface area (Å²) in [6.07, 6.45) is 4.35. The minimum atomic E-state index is 0.858. The van der Waals surface area contributed by atoms with Gasteiger partial charge in [0.15, 0.2) is 0 Å². The van der Waals surface area contributed by atoms with Crippen molar-refractivity contribution in [1.82, 2.24) is 0 Å². The predicted molar refractivity (Wildman–Crippen MR) is 114 cm³/mol. The molecule has 0 atom stereocenters. The van der Waals surface area contributed by atoms with Crippen molar-refractivity contribution in [3.63, 3.8) is 0 Å². The lowest BCUT2D eigenvalue weighted by molar-refractivity contribution is 0.922. The summed E-state index contributed by atoms with van der Waals surface area (Å²) < 4.78 is 0. The molecule has 0 saturated heterocycles. The molecule has 26 heavy (non-hydrogen) atoms. The van der Waals surface area contributed by atoms with E-state index < -0.39 is 0 Å². The lowest BCUT2D eigenvalue weighted by atomic mass is 9.94. The summed E-state index contributed by atoms with van der Waals surface area (Å²) in [7, 11) is 0. The van der Waals surface area contributed by atoms with E-state index in [2.05, 4.69) is 90.0 Å². The number of hydrogen-bond donors (Lipinski definition) is 0. The molecule has 1 nitrogen and oxygen atoms in total. The number of nitrogens with zero attached hydrogens (tertiary/aromatic N) is 1. The normalized spacial score (nSPS) is 10.3. The Bertz CT molecular complexity index is 888. The smallest absolute Gasteiger partial charge is 0.0739 e. The molecule has 130 valence electrons. The van der Waals surface area contributed by atoms with Crippen molar-refractivity contribution < 1.29 is 0 Å². The first-order chi connectivity index (χ1) is 12.8. The van der Waals surface area contributed by atoms with Crippen LogP contribution in [0.3, 0.4) is 0 Å². The second-order valence-corrected chi connectivity index (χ2v) is 6.66. The molecule has 0 radical (unpaired) electrons. The van der Waals surface area contributed by atoms with Gasteiger partial charge in [0.2, 0.25) is 0 Å². The van der Waals surface area contributed by atoms with Crippen LogP contribution in [0, 0.1) is 0 Å². The minimum absolute atomic E-state index is 0.858. The van der Waals surface area contributed by atoms with Crippen LogP contribution in [-0.4, -0.2) is 5.16 Å². The molecule has 0 fully saturated rings. The van der Waals surface area contributed by atoms with Crippen LogP contribution >= 0.6 is 12.2 Å². The number of rotatable bonds is 7. The van der Waals surface area contributed by atoms with Gasteiger partial charge in [0.1, 0.15) is 0 Å². The van der Waals surface area contributed by atoms with Crippen LogP contribution in [0.2, 0.25) is 0 Å². The fraction of sp³-hybridized carbons (Fsp3) is 0.208. The third kappa shape index (κ3) is 4.76. The Hall–Kier alpha value is -2.54. The van der Waals surface area contributed by atoms with Crippen molar-refractivity contribution in [3.8, 4) is 11.1 Å². The van der Waals surface area contributed by atoms with Crippen LogP contribution in [0.1, 0.15) is 30.0 Å². The maximum absolute atomic E-state index is 4.65. The van der Waals surface area contributed by atoms with Crippen LogP contribution in [0.4, 0.5) is 5.69 Å². The molecule has 3 aromatic rings. The van der Waals surface area contributed by atoms with Crippen LogP contribution in [0.25, 0.3) is 11.1 Å². The largest absolute Gasteiger partial charge is 0.195 e. The molecule has 0 aliphatic rings. The standard InChI is InChI=1S/C24H23NS/c1-2-5-19-8-14-22(15-9-19)24-7-4-3-6-21(24)13-10-20-11-16-23(17-12-20)25-18-26/h3-4,6-9,11-12,14-17H,2,5,10,13H2,1H3. The van der Waals surface area contributed by atoms with Gasteiger partial charge in [-0.3, -0.25) is 0 Å². The molecule has 0 heterocycles. The van der Waals surface area contributed by atoms with Gasteiger partial charge in [-0.25, -0.2) is 0 Å². The number of aliphatic imine (C=N–C) groups is 1. The van der Waals surface area contributed by atoms with E-state index in [0.717, 1.165) is 24.9 Å². The quantitative estimate of drug-likeness (QED) is 0.333. The summed E-state index contributed by atoms with van der Waals surface area (Å²) in [5.41, 5.74) is 7.59. The van der Waals surface area contributed by atoms with E-state index in [1.54, 1.807) is 0 Å². The fourth-order valence-electron chi connectivity index (χ4n) is 3.23. The molecule has 2 heteroatoms. The Kier molecular flexibility index (Phi) is 6.49. The highest BCUT2D eigenvalue weighted by atomic mass is 32.1. The summed E-state index contributed by atoms with van der Waals surface area (Å²) in [6, 6.07) is 25.9. The highest BCUT2D eigenvalue weighted by Gasteiger charge is 2.05. The molecule has 0 unspecified atom stereocenters. The van der Waals surface area contributed by atoms with Gasteiger partial charge in [-0.05, 0) is 71.4 Å². The maximum Gasteiger partial charge on any atom is 0.0739 e. The van der Waals surface area contributed by atoms with Crippen molar-refractivity contribution in [2.75, 3.05) is 0 Å². The second-order valence-electron chi connectivity index (χ2n) is 6.47. The molecule has 0 amide bonds. The Morgan fingerprint density at radius 3 is 2.12 bits per heavy atom. The van der Waals surface area contributed by atoms with Crippen LogP contribution in [-0.2, 0) is 19.3 Å². The highest BCUT2D eigenvalue weighted by molar-refractivity contribution is 7.78. The van der Waals surface area contributed by atoms with Crippen molar-refractivity contribution in [1.29, 1.82) is 0 Å². The zero-order valence-corrected chi connectivity index (χ0v) is 15.9. The van der Waals surface area contributed by atoms with Gasteiger partial charge in [0.25, 0.3) is 0 Å². The summed E-state index contributed by atoms with van der Waals surface area (Å²) >= 11 is 4.65. The van der Waals surface area contributed by atoms with E-state index in [0.29, 0.717) is 0 Å². The van der Waals surface area contributed by atoms with Crippen molar-refractivity contribution in [2.45, 2.75) is 32.6 Å². The number of thiocarbonyl (C=S) groups is 1. The lowest BCUT2D eigenvalue weighted by Crippen LogP contribution is -1.94. The van der Waals surface area contributed by atoms with E-state index in [4.69, 9.17) is 0 Å². The molecule has 0 aliphatic carbocycles. The third-order valence-electron chi connectivity index (χ3n) is 4.62. The van der Waals surface area contributed by atoms with Crippen molar-refractivity contribution in [3.05, 3.63) is 89.5 Å². The molecule has 0 saturated carbocycles. The number of isothiocyanates is 1. The molecule has 3 aromatic carbocycles. The summed E-state index contributed by atoms with van der Waals surface area (Å²) in [6.45, 7) is 2.22. The fourth-order valence-corrected chi connectivity index (χ4v) is 3.33. The van der Waals surface area contributed by atoms with E-state index in [9.17, 15) is 0 Å². The summed E-state index contributed by atoms with van der Waals surface area (Å²) in [5, 5.41) is 2.41. The van der Waals surface area contributed by atoms with Crippen molar-refractivity contribution in [2.24, 2.45) is 4.99 Å². The number of aryl methyl sites for hydroxylation is 3. The molecule has 0 bridgehead atoms. The monoisotopic (exact) mass is 357 g/mol. The average molecular weight is 358 g/mol. The zero-order chi connectivity index (χ0) is 18.2. The second kappa shape index (κ2) is 9.24. The van der Waals surface area contributed by atoms with Gasteiger partial charge in [-0.15, -0.1) is 0 Å². The summed E-state index contributed by atoms with van der Waals surface area (Å²) in [5.74, 6) is 0. The topological polar surface area (TPSA) is 12.4 Å².